The Morgan fingerprint density at radius 2 is 2.28 bits per heavy atom. The molecule has 1 heterocycles. The molecule has 6 heteroatoms. The molecule has 0 amide bonds. The van der Waals surface area contributed by atoms with Gasteiger partial charge in [-0.15, -0.1) is 11.8 Å². The van der Waals surface area contributed by atoms with Crippen molar-refractivity contribution in [2.45, 2.75) is 17.6 Å². The summed E-state index contributed by atoms with van der Waals surface area (Å²) in [5, 5.41) is 12.8. The second kappa shape index (κ2) is 5.58. The number of rotatable bonds is 4. The average Bonchev–Trinajstić information content (AvgIpc) is 2.74. The van der Waals surface area contributed by atoms with Gasteiger partial charge in [0, 0.05) is 15.4 Å². The molecule has 0 aliphatic rings. The lowest BCUT2D eigenvalue weighted by Crippen LogP contribution is -1.97. The SMILES string of the molecule is Cc1cc(CSc2ccc(Br)c(C(=O)O)c2)on1. The first-order valence-corrected chi connectivity index (χ1v) is 6.92. The molecule has 0 aliphatic heterocycles. The van der Waals surface area contributed by atoms with Crippen LogP contribution in [-0.2, 0) is 5.75 Å². The van der Waals surface area contributed by atoms with Crippen molar-refractivity contribution in [3.8, 4) is 0 Å². The predicted molar refractivity (Wildman–Crippen MR) is 71.9 cm³/mol. The Labute approximate surface area is 116 Å². The summed E-state index contributed by atoms with van der Waals surface area (Å²) in [6.07, 6.45) is 0. The lowest BCUT2D eigenvalue weighted by molar-refractivity contribution is 0.0695. The van der Waals surface area contributed by atoms with Gasteiger partial charge in [0.25, 0.3) is 0 Å². The van der Waals surface area contributed by atoms with E-state index in [-0.39, 0.29) is 5.56 Å². The van der Waals surface area contributed by atoms with E-state index in [0.29, 0.717) is 10.2 Å². The molecule has 1 aromatic heterocycles. The lowest BCUT2D eigenvalue weighted by Gasteiger charge is -2.03. The molecule has 1 aromatic carbocycles. The van der Waals surface area contributed by atoms with E-state index in [1.807, 2.05) is 19.1 Å². The Morgan fingerprint density at radius 1 is 1.50 bits per heavy atom. The molecule has 0 radical (unpaired) electrons. The number of carbonyl (C=O) groups is 1. The number of halogens is 1. The molecule has 1 N–H and O–H groups in total. The van der Waals surface area contributed by atoms with Crippen molar-refractivity contribution in [1.82, 2.24) is 5.16 Å². The highest BCUT2D eigenvalue weighted by Gasteiger charge is 2.10. The number of aryl methyl sites for hydroxylation is 1. The maximum Gasteiger partial charge on any atom is 0.336 e. The molecule has 0 spiro atoms. The quantitative estimate of drug-likeness (QED) is 0.866. The second-order valence-electron chi connectivity index (χ2n) is 3.67. The van der Waals surface area contributed by atoms with Gasteiger partial charge in [-0.25, -0.2) is 4.79 Å². The van der Waals surface area contributed by atoms with E-state index in [1.165, 1.54) is 11.8 Å². The monoisotopic (exact) mass is 327 g/mol. The molecule has 0 saturated heterocycles. The Kier molecular flexibility index (Phi) is 4.08. The summed E-state index contributed by atoms with van der Waals surface area (Å²) in [6.45, 7) is 1.86. The van der Waals surface area contributed by atoms with Crippen LogP contribution in [0.5, 0.6) is 0 Å². The topological polar surface area (TPSA) is 63.3 Å². The van der Waals surface area contributed by atoms with Crippen LogP contribution in [0.3, 0.4) is 0 Å². The summed E-state index contributed by atoms with van der Waals surface area (Å²) in [6, 6.07) is 7.10. The molecule has 0 saturated carbocycles. The molecule has 18 heavy (non-hydrogen) atoms. The van der Waals surface area contributed by atoms with Gasteiger partial charge in [0.15, 0.2) is 0 Å². The van der Waals surface area contributed by atoms with Gasteiger partial charge in [0.1, 0.15) is 5.76 Å². The van der Waals surface area contributed by atoms with Crippen LogP contribution in [0.15, 0.2) is 38.2 Å². The minimum Gasteiger partial charge on any atom is -0.478 e. The minimum atomic E-state index is -0.945. The fourth-order valence-corrected chi connectivity index (χ4v) is 2.62. The predicted octanol–water partition coefficient (Wildman–Crippen LogP) is 3.74. The van der Waals surface area contributed by atoms with Crippen LogP contribution in [0.25, 0.3) is 0 Å². The maximum atomic E-state index is 11.0. The van der Waals surface area contributed by atoms with Gasteiger partial charge >= 0.3 is 5.97 Å². The van der Waals surface area contributed by atoms with Crippen LogP contribution >= 0.6 is 27.7 Å². The first kappa shape index (κ1) is 13.2. The molecular formula is C12H10BrNO3S. The molecule has 2 rings (SSSR count). The standard InChI is InChI=1S/C12H10BrNO3S/c1-7-4-8(17-14-7)6-18-9-2-3-11(13)10(5-9)12(15)16/h2-5H,6H2,1H3,(H,15,16). The summed E-state index contributed by atoms with van der Waals surface area (Å²) in [5.74, 6) is 0.457. The second-order valence-corrected chi connectivity index (χ2v) is 5.57. The number of hydrogen-bond acceptors (Lipinski definition) is 4. The zero-order chi connectivity index (χ0) is 13.1. The van der Waals surface area contributed by atoms with Gasteiger partial charge in [-0.05, 0) is 41.1 Å². The number of carboxylic acid groups (broad SMARTS) is 1. The number of nitrogens with zero attached hydrogens (tertiary/aromatic N) is 1. The number of aromatic carboxylic acids is 1. The molecule has 94 valence electrons. The minimum absolute atomic E-state index is 0.258. The maximum absolute atomic E-state index is 11.0. The zero-order valence-electron chi connectivity index (χ0n) is 9.51. The average molecular weight is 328 g/mol. The van der Waals surface area contributed by atoms with E-state index in [1.54, 1.807) is 12.1 Å². The van der Waals surface area contributed by atoms with E-state index in [9.17, 15) is 4.79 Å². The van der Waals surface area contributed by atoms with Crippen molar-refractivity contribution in [2.75, 3.05) is 0 Å². The Balaban J connectivity index is 2.10. The number of benzene rings is 1. The first-order chi connectivity index (χ1) is 8.56. The van der Waals surface area contributed by atoms with Crippen LogP contribution in [-0.4, -0.2) is 16.2 Å². The Morgan fingerprint density at radius 3 is 2.89 bits per heavy atom. The van der Waals surface area contributed by atoms with E-state index < -0.39 is 5.97 Å². The van der Waals surface area contributed by atoms with Gasteiger partial charge in [-0.3, -0.25) is 0 Å². The molecule has 4 nitrogen and oxygen atoms in total. The van der Waals surface area contributed by atoms with Gasteiger partial charge in [-0.1, -0.05) is 5.16 Å². The number of thioether (sulfide) groups is 1. The van der Waals surface area contributed by atoms with Crippen molar-refractivity contribution in [3.05, 3.63) is 45.8 Å². The van der Waals surface area contributed by atoms with E-state index in [2.05, 4.69) is 21.1 Å². The van der Waals surface area contributed by atoms with Crippen LogP contribution in [0.2, 0.25) is 0 Å². The molecule has 2 aromatic rings. The van der Waals surface area contributed by atoms with Crippen LogP contribution < -0.4 is 0 Å². The Bertz CT molecular complexity index is 582. The fourth-order valence-electron chi connectivity index (χ4n) is 1.40. The summed E-state index contributed by atoms with van der Waals surface area (Å²) < 4.78 is 5.67. The first-order valence-electron chi connectivity index (χ1n) is 5.14. The number of carboxylic acids is 1. The summed E-state index contributed by atoms with van der Waals surface area (Å²) in [4.78, 5) is 11.9. The van der Waals surface area contributed by atoms with Gasteiger partial charge in [0.2, 0.25) is 0 Å². The third-order valence-corrected chi connectivity index (χ3v) is 3.93. The Hall–Kier alpha value is -1.27. The molecule has 0 aliphatic carbocycles. The highest BCUT2D eigenvalue weighted by molar-refractivity contribution is 9.10. The van der Waals surface area contributed by atoms with Gasteiger partial charge in [0.05, 0.1) is 17.0 Å². The lowest BCUT2D eigenvalue weighted by atomic mass is 10.2. The van der Waals surface area contributed by atoms with E-state index in [4.69, 9.17) is 9.63 Å². The van der Waals surface area contributed by atoms with Crippen LogP contribution in [0.1, 0.15) is 21.8 Å². The van der Waals surface area contributed by atoms with Crippen LogP contribution in [0.4, 0.5) is 0 Å². The third kappa shape index (κ3) is 3.14. The van der Waals surface area contributed by atoms with Gasteiger partial charge < -0.3 is 9.63 Å². The number of aromatic nitrogens is 1. The summed E-state index contributed by atoms with van der Waals surface area (Å²) in [7, 11) is 0. The fraction of sp³-hybridized carbons (Fsp3) is 0.167. The molecule has 0 fully saturated rings. The highest BCUT2D eigenvalue weighted by atomic mass is 79.9. The van der Waals surface area contributed by atoms with Crippen molar-refractivity contribution in [1.29, 1.82) is 0 Å². The molecule has 0 bridgehead atoms. The third-order valence-electron chi connectivity index (χ3n) is 2.23. The van der Waals surface area contributed by atoms with Gasteiger partial charge in [-0.2, -0.15) is 0 Å². The van der Waals surface area contributed by atoms with E-state index in [0.717, 1.165) is 16.3 Å². The van der Waals surface area contributed by atoms with Crippen molar-refractivity contribution >= 4 is 33.7 Å². The highest BCUT2D eigenvalue weighted by Crippen LogP contribution is 2.27. The molecule has 0 unspecified atom stereocenters. The molecular weight excluding hydrogens is 318 g/mol. The summed E-state index contributed by atoms with van der Waals surface area (Å²) in [5.41, 5.74) is 1.10. The van der Waals surface area contributed by atoms with Crippen LogP contribution in [0, 0.1) is 6.92 Å². The number of hydrogen-bond donors (Lipinski definition) is 1. The zero-order valence-corrected chi connectivity index (χ0v) is 11.9. The molecule has 0 atom stereocenters. The normalized spacial score (nSPS) is 10.6. The smallest absolute Gasteiger partial charge is 0.336 e. The van der Waals surface area contributed by atoms with E-state index >= 15 is 0 Å². The van der Waals surface area contributed by atoms with Crippen molar-refractivity contribution in [2.24, 2.45) is 0 Å². The van der Waals surface area contributed by atoms with Crippen molar-refractivity contribution in [3.63, 3.8) is 0 Å². The van der Waals surface area contributed by atoms with Crippen molar-refractivity contribution < 1.29 is 14.4 Å². The largest absolute Gasteiger partial charge is 0.478 e. The summed E-state index contributed by atoms with van der Waals surface area (Å²) >= 11 is 4.72.